The molecular weight excluding hydrogens is 188 g/mol. The maximum absolute atomic E-state index is 9.75. The van der Waals surface area contributed by atoms with Gasteiger partial charge in [-0.15, -0.1) is 0 Å². The second-order valence-electron chi connectivity index (χ2n) is 3.71. The Morgan fingerprint density at radius 1 is 1.20 bits per heavy atom. The molecule has 2 heteroatoms. The summed E-state index contributed by atoms with van der Waals surface area (Å²) >= 11 is 0. The molecule has 0 heterocycles. The summed E-state index contributed by atoms with van der Waals surface area (Å²) < 4.78 is 5.40. The van der Waals surface area contributed by atoms with Crippen LogP contribution in [0.15, 0.2) is 30.3 Å². The van der Waals surface area contributed by atoms with E-state index < -0.39 is 6.10 Å². The smallest absolute Gasteiger partial charge is 0.102 e. The second kappa shape index (κ2) is 7.43. The van der Waals surface area contributed by atoms with Gasteiger partial charge in [-0.05, 0) is 12.0 Å². The van der Waals surface area contributed by atoms with E-state index in [-0.39, 0.29) is 0 Å². The van der Waals surface area contributed by atoms with Crippen LogP contribution in [0.2, 0.25) is 0 Å². The van der Waals surface area contributed by atoms with Gasteiger partial charge in [0.15, 0.2) is 0 Å². The van der Waals surface area contributed by atoms with E-state index in [9.17, 15) is 5.11 Å². The van der Waals surface area contributed by atoms with Crippen LogP contribution in [0.5, 0.6) is 0 Å². The highest BCUT2D eigenvalue weighted by Crippen LogP contribution is 2.12. The highest BCUT2D eigenvalue weighted by molar-refractivity contribution is 5.17. The van der Waals surface area contributed by atoms with Crippen LogP contribution in [0.1, 0.15) is 37.9 Å². The summed E-state index contributed by atoms with van der Waals surface area (Å²) in [5, 5.41) is 9.75. The molecule has 0 bridgehead atoms. The van der Waals surface area contributed by atoms with E-state index in [4.69, 9.17) is 4.74 Å². The molecule has 1 N–H and O–H groups in total. The van der Waals surface area contributed by atoms with Gasteiger partial charge in [0.1, 0.15) is 6.10 Å². The molecular formula is C13H20O2. The molecule has 84 valence electrons. The first kappa shape index (κ1) is 12.2. The van der Waals surface area contributed by atoms with Crippen LogP contribution >= 0.6 is 0 Å². The van der Waals surface area contributed by atoms with E-state index in [1.165, 1.54) is 12.8 Å². The van der Waals surface area contributed by atoms with Crippen molar-refractivity contribution in [3.8, 4) is 0 Å². The molecule has 15 heavy (non-hydrogen) atoms. The molecule has 0 radical (unpaired) electrons. The number of aliphatic hydroxyl groups excluding tert-OH is 1. The monoisotopic (exact) mass is 208 g/mol. The second-order valence-corrected chi connectivity index (χ2v) is 3.71. The van der Waals surface area contributed by atoms with Gasteiger partial charge in [0.2, 0.25) is 0 Å². The predicted molar refractivity (Wildman–Crippen MR) is 61.7 cm³/mol. The minimum atomic E-state index is -0.493. The van der Waals surface area contributed by atoms with Crippen molar-refractivity contribution >= 4 is 0 Å². The van der Waals surface area contributed by atoms with Crippen molar-refractivity contribution in [2.24, 2.45) is 0 Å². The van der Waals surface area contributed by atoms with E-state index in [0.29, 0.717) is 6.61 Å². The maximum Gasteiger partial charge on any atom is 0.102 e. The van der Waals surface area contributed by atoms with Gasteiger partial charge < -0.3 is 9.84 Å². The topological polar surface area (TPSA) is 29.5 Å². The zero-order valence-corrected chi connectivity index (χ0v) is 9.36. The number of unbranched alkanes of at least 4 members (excludes halogenated alkanes) is 2. The first-order valence-electron chi connectivity index (χ1n) is 5.65. The van der Waals surface area contributed by atoms with E-state index in [1.54, 1.807) is 0 Å². The summed E-state index contributed by atoms with van der Waals surface area (Å²) in [6, 6.07) is 9.63. The lowest BCUT2D eigenvalue weighted by atomic mass is 10.1. The normalized spacial score (nSPS) is 12.7. The van der Waals surface area contributed by atoms with Gasteiger partial charge >= 0.3 is 0 Å². The van der Waals surface area contributed by atoms with Gasteiger partial charge in [0, 0.05) is 6.61 Å². The average Bonchev–Trinajstić information content (AvgIpc) is 2.30. The summed E-state index contributed by atoms with van der Waals surface area (Å²) in [4.78, 5) is 0. The lowest BCUT2D eigenvalue weighted by Gasteiger charge is -2.11. The Morgan fingerprint density at radius 2 is 1.93 bits per heavy atom. The Labute approximate surface area is 91.9 Å². The molecule has 0 aliphatic rings. The number of hydrogen-bond donors (Lipinski definition) is 1. The fraction of sp³-hybridized carbons (Fsp3) is 0.538. The van der Waals surface area contributed by atoms with Crippen LogP contribution in [-0.4, -0.2) is 18.3 Å². The quantitative estimate of drug-likeness (QED) is 0.698. The van der Waals surface area contributed by atoms with Gasteiger partial charge in [-0.2, -0.15) is 0 Å². The van der Waals surface area contributed by atoms with Crippen LogP contribution < -0.4 is 0 Å². The highest BCUT2D eigenvalue weighted by atomic mass is 16.5. The summed E-state index contributed by atoms with van der Waals surface area (Å²) in [6.07, 6.45) is 2.98. The Hall–Kier alpha value is -0.860. The van der Waals surface area contributed by atoms with Crippen molar-refractivity contribution in [3.05, 3.63) is 35.9 Å². The lowest BCUT2D eigenvalue weighted by molar-refractivity contribution is 0.0345. The van der Waals surface area contributed by atoms with Gasteiger partial charge in [-0.25, -0.2) is 0 Å². The molecule has 0 aromatic heterocycles. The zero-order chi connectivity index (χ0) is 10.9. The van der Waals surface area contributed by atoms with Crippen LogP contribution in [0.3, 0.4) is 0 Å². The fourth-order valence-electron chi connectivity index (χ4n) is 1.42. The highest BCUT2D eigenvalue weighted by Gasteiger charge is 2.05. The Bertz CT molecular complexity index is 246. The fourth-order valence-corrected chi connectivity index (χ4v) is 1.42. The zero-order valence-electron chi connectivity index (χ0n) is 9.36. The summed E-state index contributed by atoms with van der Waals surface area (Å²) in [6.45, 7) is 3.31. The van der Waals surface area contributed by atoms with Crippen LogP contribution in [-0.2, 0) is 4.74 Å². The van der Waals surface area contributed by atoms with E-state index in [1.807, 2.05) is 30.3 Å². The molecule has 0 saturated heterocycles. The Kier molecular flexibility index (Phi) is 6.05. The first-order chi connectivity index (χ1) is 7.34. The molecule has 2 nitrogen and oxygen atoms in total. The summed E-state index contributed by atoms with van der Waals surface area (Å²) in [5.41, 5.74) is 0.924. The molecule has 1 atom stereocenters. The number of benzene rings is 1. The predicted octanol–water partition coefficient (Wildman–Crippen LogP) is 2.93. The van der Waals surface area contributed by atoms with E-state index in [2.05, 4.69) is 6.92 Å². The van der Waals surface area contributed by atoms with Crippen molar-refractivity contribution in [1.29, 1.82) is 0 Å². The van der Waals surface area contributed by atoms with Crippen LogP contribution in [0.4, 0.5) is 0 Å². The minimum absolute atomic E-state index is 0.397. The standard InChI is InChI=1S/C13H20O2/c1-2-3-7-10-15-11-13(14)12-8-5-4-6-9-12/h4-6,8-9,13-14H,2-3,7,10-11H2,1H3/t13-/m0/s1. The molecule has 0 aliphatic carbocycles. The summed E-state index contributed by atoms with van der Waals surface area (Å²) in [7, 11) is 0. The molecule has 0 unspecified atom stereocenters. The minimum Gasteiger partial charge on any atom is -0.386 e. The third kappa shape index (κ3) is 4.96. The number of rotatable bonds is 7. The molecule has 0 fully saturated rings. The Morgan fingerprint density at radius 3 is 2.60 bits per heavy atom. The molecule has 0 spiro atoms. The SMILES string of the molecule is CCCCCOC[C@H](O)c1ccccc1. The third-order valence-electron chi connectivity index (χ3n) is 2.35. The molecule has 0 aliphatic heterocycles. The first-order valence-corrected chi connectivity index (χ1v) is 5.65. The Balaban J connectivity index is 2.16. The average molecular weight is 208 g/mol. The molecule has 0 saturated carbocycles. The molecule has 1 rings (SSSR count). The number of hydrogen-bond acceptors (Lipinski definition) is 2. The van der Waals surface area contributed by atoms with Gasteiger partial charge in [-0.3, -0.25) is 0 Å². The van der Waals surface area contributed by atoms with Gasteiger partial charge in [0.25, 0.3) is 0 Å². The van der Waals surface area contributed by atoms with E-state index >= 15 is 0 Å². The molecule has 0 amide bonds. The van der Waals surface area contributed by atoms with Gasteiger partial charge in [0.05, 0.1) is 6.61 Å². The lowest BCUT2D eigenvalue weighted by Crippen LogP contribution is -2.07. The van der Waals surface area contributed by atoms with Crippen LogP contribution in [0, 0.1) is 0 Å². The van der Waals surface area contributed by atoms with Crippen molar-refractivity contribution in [2.45, 2.75) is 32.3 Å². The van der Waals surface area contributed by atoms with Crippen LogP contribution in [0.25, 0.3) is 0 Å². The number of aliphatic hydroxyl groups is 1. The van der Waals surface area contributed by atoms with Crippen molar-refractivity contribution < 1.29 is 9.84 Å². The third-order valence-corrected chi connectivity index (χ3v) is 2.35. The van der Waals surface area contributed by atoms with Crippen molar-refractivity contribution in [2.75, 3.05) is 13.2 Å². The maximum atomic E-state index is 9.75. The van der Waals surface area contributed by atoms with Gasteiger partial charge in [-0.1, -0.05) is 50.1 Å². The summed E-state index contributed by atoms with van der Waals surface area (Å²) in [5.74, 6) is 0. The number of ether oxygens (including phenoxy) is 1. The van der Waals surface area contributed by atoms with Crippen molar-refractivity contribution in [1.82, 2.24) is 0 Å². The van der Waals surface area contributed by atoms with Crippen molar-refractivity contribution in [3.63, 3.8) is 0 Å². The molecule has 1 aromatic carbocycles. The molecule has 1 aromatic rings. The van der Waals surface area contributed by atoms with E-state index in [0.717, 1.165) is 18.6 Å². The largest absolute Gasteiger partial charge is 0.386 e.